The topological polar surface area (TPSA) is 75.6 Å². The molecule has 2 aromatic carbocycles. The molecule has 0 fully saturated rings. The SMILES string of the molecule is CCC[C@H](NC(=O)OCC1c2ccccc2-c2ccccc21)C(=O)O. The highest BCUT2D eigenvalue weighted by molar-refractivity contribution is 5.81. The Morgan fingerprint density at radius 3 is 2.16 bits per heavy atom. The van der Waals surface area contributed by atoms with Gasteiger partial charge >= 0.3 is 12.1 Å². The number of hydrogen-bond acceptors (Lipinski definition) is 3. The molecule has 25 heavy (non-hydrogen) atoms. The first-order valence-corrected chi connectivity index (χ1v) is 8.46. The molecule has 0 aliphatic heterocycles. The lowest BCUT2D eigenvalue weighted by molar-refractivity contribution is -0.139. The van der Waals surface area contributed by atoms with Gasteiger partial charge < -0.3 is 15.2 Å². The van der Waals surface area contributed by atoms with E-state index >= 15 is 0 Å². The van der Waals surface area contributed by atoms with Crippen LogP contribution < -0.4 is 5.32 Å². The monoisotopic (exact) mass is 339 g/mol. The van der Waals surface area contributed by atoms with Gasteiger partial charge in [-0.05, 0) is 28.7 Å². The van der Waals surface area contributed by atoms with Gasteiger partial charge in [0.25, 0.3) is 0 Å². The third kappa shape index (κ3) is 3.50. The summed E-state index contributed by atoms with van der Waals surface area (Å²) in [5.74, 6) is -1.08. The number of ether oxygens (including phenoxy) is 1. The Morgan fingerprint density at radius 1 is 1.08 bits per heavy atom. The van der Waals surface area contributed by atoms with E-state index in [9.17, 15) is 9.59 Å². The number of benzene rings is 2. The first-order valence-electron chi connectivity index (χ1n) is 8.46. The first-order chi connectivity index (χ1) is 12.1. The van der Waals surface area contributed by atoms with E-state index in [2.05, 4.69) is 17.4 Å². The number of carboxylic acids is 1. The number of aliphatic carboxylic acids is 1. The maximum Gasteiger partial charge on any atom is 0.407 e. The van der Waals surface area contributed by atoms with Gasteiger partial charge in [-0.25, -0.2) is 9.59 Å². The molecule has 5 heteroatoms. The molecular weight excluding hydrogens is 318 g/mol. The average Bonchev–Trinajstić information content (AvgIpc) is 2.93. The molecule has 1 aliphatic rings. The van der Waals surface area contributed by atoms with E-state index < -0.39 is 18.1 Å². The summed E-state index contributed by atoms with van der Waals surface area (Å²) in [5.41, 5.74) is 4.56. The summed E-state index contributed by atoms with van der Waals surface area (Å²) < 4.78 is 5.35. The predicted molar refractivity (Wildman–Crippen MR) is 94.5 cm³/mol. The lowest BCUT2D eigenvalue weighted by Gasteiger charge is -2.17. The molecule has 3 rings (SSSR count). The number of alkyl carbamates (subject to hydrolysis) is 1. The van der Waals surface area contributed by atoms with Crippen LogP contribution in [-0.4, -0.2) is 29.8 Å². The molecule has 0 bridgehead atoms. The van der Waals surface area contributed by atoms with E-state index in [1.54, 1.807) is 0 Å². The van der Waals surface area contributed by atoms with Crippen LogP contribution in [0.15, 0.2) is 48.5 Å². The fraction of sp³-hybridized carbons (Fsp3) is 0.300. The largest absolute Gasteiger partial charge is 0.480 e. The maximum atomic E-state index is 12.0. The lowest BCUT2D eigenvalue weighted by atomic mass is 9.98. The number of carboxylic acid groups (broad SMARTS) is 1. The van der Waals surface area contributed by atoms with E-state index in [-0.39, 0.29) is 12.5 Å². The van der Waals surface area contributed by atoms with Gasteiger partial charge in [0.1, 0.15) is 12.6 Å². The van der Waals surface area contributed by atoms with E-state index in [0.717, 1.165) is 22.3 Å². The van der Waals surface area contributed by atoms with Crippen LogP contribution in [0, 0.1) is 0 Å². The van der Waals surface area contributed by atoms with Crippen molar-refractivity contribution in [3.05, 3.63) is 59.7 Å². The van der Waals surface area contributed by atoms with Crippen LogP contribution in [0.3, 0.4) is 0 Å². The van der Waals surface area contributed by atoms with Gasteiger partial charge in [0.05, 0.1) is 0 Å². The molecule has 0 saturated carbocycles. The third-order valence-corrected chi connectivity index (χ3v) is 4.51. The quantitative estimate of drug-likeness (QED) is 0.840. The molecule has 1 atom stereocenters. The van der Waals surface area contributed by atoms with E-state index in [4.69, 9.17) is 9.84 Å². The standard InChI is InChI=1S/C20H21NO4/c1-2-7-18(19(22)23)21-20(24)25-12-17-15-10-5-3-8-13(15)14-9-4-6-11-16(14)17/h3-6,8-11,17-18H,2,7,12H2,1H3,(H,21,24)(H,22,23)/t18-/m0/s1. The highest BCUT2D eigenvalue weighted by Gasteiger charge is 2.29. The maximum absolute atomic E-state index is 12.0. The molecule has 0 spiro atoms. The van der Waals surface area contributed by atoms with Crippen LogP contribution in [0.1, 0.15) is 36.8 Å². The number of rotatable bonds is 6. The van der Waals surface area contributed by atoms with Gasteiger partial charge in [-0.2, -0.15) is 0 Å². The molecule has 1 amide bonds. The van der Waals surface area contributed by atoms with Gasteiger partial charge in [-0.15, -0.1) is 0 Å². The molecule has 0 unspecified atom stereocenters. The second-order valence-corrected chi connectivity index (χ2v) is 6.15. The van der Waals surface area contributed by atoms with Gasteiger partial charge in [0.15, 0.2) is 0 Å². The summed E-state index contributed by atoms with van der Waals surface area (Å²) in [6.07, 6.45) is 0.350. The smallest absolute Gasteiger partial charge is 0.407 e. The summed E-state index contributed by atoms with van der Waals surface area (Å²) in [4.78, 5) is 23.2. The van der Waals surface area contributed by atoms with E-state index in [1.807, 2.05) is 43.3 Å². The van der Waals surface area contributed by atoms with E-state index in [1.165, 1.54) is 0 Å². The molecule has 0 radical (unpaired) electrons. The van der Waals surface area contributed by atoms with E-state index in [0.29, 0.717) is 12.8 Å². The first kappa shape index (κ1) is 17.0. The fourth-order valence-corrected chi connectivity index (χ4v) is 3.33. The Hall–Kier alpha value is -2.82. The second kappa shape index (κ2) is 7.38. The van der Waals surface area contributed by atoms with Crippen molar-refractivity contribution in [2.24, 2.45) is 0 Å². The highest BCUT2D eigenvalue weighted by atomic mass is 16.5. The van der Waals surface area contributed by atoms with Crippen LogP contribution >= 0.6 is 0 Å². The minimum atomic E-state index is -1.05. The minimum absolute atomic E-state index is 0.0346. The zero-order valence-corrected chi connectivity index (χ0v) is 14.1. The van der Waals surface area contributed by atoms with Crippen molar-refractivity contribution in [1.82, 2.24) is 5.32 Å². The molecule has 2 N–H and O–H groups in total. The predicted octanol–water partition coefficient (Wildman–Crippen LogP) is 3.78. The van der Waals surface area contributed by atoms with Crippen molar-refractivity contribution >= 4 is 12.1 Å². The summed E-state index contributed by atoms with van der Waals surface area (Å²) in [6.45, 7) is 2.05. The van der Waals surface area contributed by atoms with Gasteiger partial charge in [-0.3, -0.25) is 0 Å². The number of carbonyl (C=O) groups excluding carboxylic acids is 1. The Bertz CT molecular complexity index is 741. The van der Waals surface area contributed by atoms with Crippen LogP contribution in [0.25, 0.3) is 11.1 Å². The molecule has 1 aliphatic carbocycles. The van der Waals surface area contributed by atoms with Crippen LogP contribution in [0.5, 0.6) is 0 Å². The van der Waals surface area contributed by atoms with Crippen LogP contribution in [-0.2, 0) is 9.53 Å². The zero-order valence-electron chi connectivity index (χ0n) is 14.1. The summed E-state index contributed by atoms with van der Waals surface area (Å²) >= 11 is 0. The third-order valence-electron chi connectivity index (χ3n) is 4.51. The van der Waals surface area contributed by atoms with Crippen molar-refractivity contribution in [1.29, 1.82) is 0 Å². The Labute approximate surface area is 146 Å². The molecule has 0 saturated heterocycles. The lowest BCUT2D eigenvalue weighted by Crippen LogP contribution is -2.41. The molecule has 2 aromatic rings. The summed E-state index contributed by atoms with van der Waals surface area (Å²) in [7, 11) is 0. The van der Waals surface area contributed by atoms with Crippen molar-refractivity contribution in [2.75, 3.05) is 6.61 Å². The summed E-state index contributed by atoms with van der Waals surface area (Å²) in [6, 6.07) is 15.2. The number of carbonyl (C=O) groups is 2. The minimum Gasteiger partial charge on any atom is -0.480 e. The van der Waals surface area contributed by atoms with Gasteiger partial charge in [-0.1, -0.05) is 61.9 Å². The second-order valence-electron chi connectivity index (χ2n) is 6.15. The van der Waals surface area contributed by atoms with Gasteiger partial charge in [0.2, 0.25) is 0 Å². The van der Waals surface area contributed by atoms with Crippen molar-refractivity contribution in [3.8, 4) is 11.1 Å². The van der Waals surface area contributed by atoms with Crippen LogP contribution in [0.4, 0.5) is 4.79 Å². The molecular formula is C20H21NO4. The molecule has 130 valence electrons. The number of hydrogen-bond donors (Lipinski definition) is 2. The van der Waals surface area contributed by atoms with Crippen molar-refractivity contribution < 1.29 is 19.4 Å². The summed E-state index contributed by atoms with van der Waals surface area (Å²) in [5, 5.41) is 11.6. The number of fused-ring (bicyclic) bond motifs is 3. The number of nitrogens with one attached hydrogen (secondary N) is 1. The van der Waals surface area contributed by atoms with Crippen molar-refractivity contribution in [2.45, 2.75) is 31.7 Å². The number of amides is 1. The highest BCUT2D eigenvalue weighted by Crippen LogP contribution is 2.44. The van der Waals surface area contributed by atoms with Crippen LogP contribution in [0.2, 0.25) is 0 Å². The van der Waals surface area contributed by atoms with Gasteiger partial charge in [0, 0.05) is 5.92 Å². The average molecular weight is 339 g/mol. The Kier molecular flexibility index (Phi) is 5.03. The molecule has 0 heterocycles. The molecule has 0 aromatic heterocycles. The fourth-order valence-electron chi connectivity index (χ4n) is 3.33. The van der Waals surface area contributed by atoms with Crippen molar-refractivity contribution in [3.63, 3.8) is 0 Å². The zero-order chi connectivity index (χ0) is 17.8. The Morgan fingerprint density at radius 2 is 1.64 bits per heavy atom. The molecule has 5 nitrogen and oxygen atoms in total. The Balaban J connectivity index is 1.71. The normalized spacial score (nSPS) is 13.6.